The molecule has 0 saturated heterocycles. The molecular formula is C16H24O4S. The van der Waals surface area contributed by atoms with E-state index in [-0.39, 0.29) is 11.2 Å². The Morgan fingerprint density at radius 1 is 1.29 bits per heavy atom. The molecule has 3 atom stereocenters. The number of hydrogen-bond donors (Lipinski definition) is 1. The molecule has 0 aromatic heterocycles. The Bertz CT molecular complexity index is 592. The minimum Gasteiger partial charge on any atom is -0.496 e. The van der Waals surface area contributed by atoms with Crippen molar-refractivity contribution in [2.75, 3.05) is 13.4 Å². The number of sulfone groups is 1. The molecule has 3 unspecified atom stereocenters. The first kappa shape index (κ1) is 16.3. The van der Waals surface area contributed by atoms with Gasteiger partial charge in [-0.15, -0.1) is 0 Å². The van der Waals surface area contributed by atoms with Gasteiger partial charge in [-0.3, -0.25) is 0 Å². The third kappa shape index (κ3) is 3.40. The van der Waals surface area contributed by atoms with Crippen LogP contribution < -0.4 is 4.74 Å². The lowest BCUT2D eigenvalue weighted by Crippen LogP contribution is -2.39. The average molecular weight is 312 g/mol. The molecule has 0 aliphatic heterocycles. The summed E-state index contributed by atoms with van der Waals surface area (Å²) in [6.07, 6.45) is 4.14. The van der Waals surface area contributed by atoms with Crippen molar-refractivity contribution in [3.63, 3.8) is 0 Å². The fourth-order valence-electron chi connectivity index (χ4n) is 3.33. The van der Waals surface area contributed by atoms with Crippen LogP contribution in [-0.4, -0.2) is 32.1 Å². The van der Waals surface area contributed by atoms with Gasteiger partial charge in [0, 0.05) is 11.8 Å². The summed E-state index contributed by atoms with van der Waals surface area (Å²) in [4.78, 5) is 0. The highest BCUT2D eigenvalue weighted by Gasteiger charge is 2.41. The third-order valence-electron chi connectivity index (χ3n) is 4.68. The zero-order valence-electron chi connectivity index (χ0n) is 12.9. The largest absolute Gasteiger partial charge is 0.496 e. The highest BCUT2D eigenvalue weighted by molar-refractivity contribution is 7.91. The molecule has 1 aromatic rings. The fourth-order valence-corrected chi connectivity index (χ4v) is 4.50. The van der Waals surface area contributed by atoms with E-state index in [4.69, 9.17) is 4.74 Å². The lowest BCUT2D eigenvalue weighted by molar-refractivity contribution is -0.0225. The van der Waals surface area contributed by atoms with E-state index in [2.05, 4.69) is 0 Å². The lowest BCUT2D eigenvalue weighted by Gasteiger charge is -2.39. The summed E-state index contributed by atoms with van der Waals surface area (Å²) in [6.45, 7) is 1.76. The summed E-state index contributed by atoms with van der Waals surface area (Å²) in [7, 11) is -1.48. The maximum absolute atomic E-state index is 11.8. The number of rotatable bonds is 4. The molecular weight excluding hydrogens is 288 g/mol. The highest BCUT2D eigenvalue weighted by atomic mass is 32.2. The van der Waals surface area contributed by atoms with Crippen molar-refractivity contribution >= 4 is 9.84 Å². The summed E-state index contributed by atoms with van der Waals surface area (Å²) < 4.78 is 29.0. The lowest BCUT2D eigenvalue weighted by atomic mass is 9.74. The molecule has 1 N–H and O–H groups in total. The SMILES string of the molecule is COc1ccccc1C(C)(O)C1CCCC(S(C)(=O)=O)C1. The second-order valence-corrected chi connectivity index (χ2v) is 8.49. The average Bonchev–Trinajstić information content (AvgIpc) is 2.46. The van der Waals surface area contributed by atoms with Crippen LogP contribution in [0.15, 0.2) is 24.3 Å². The van der Waals surface area contributed by atoms with E-state index in [0.717, 1.165) is 18.4 Å². The van der Waals surface area contributed by atoms with Crippen molar-refractivity contribution in [2.24, 2.45) is 5.92 Å². The number of hydrogen-bond acceptors (Lipinski definition) is 4. The summed E-state index contributed by atoms with van der Waals surface area (Å²) in [6, 6.07) is 7.39. The van der Waals surface area contributed by atoms with Crippen molar-refractivity contribution in [1.29, 1.82) is 0 Å². The van der Waals surface area contributed by atoms with Gasteiger partial charge in [-0.1, -0.05) is 24.6 Å². The monoisotopic (exact) mass is 312 g/mol. The van der Waals surface area contributed by atoms with Crippen LogP contribution in [-0.2, 0) is 15.4 Å². The topological polar surface area (TPSA) is 63.6 Å². The molecule has 0 spiro atoms. The van der Waals surface area contributed by atoms with Crippen molar-refractivity contribution in [2.45, 2.75) is 43.5 Å². The number of aliphatic hydroxyl groups is 1. The third-order valence-corrected chi connectivity index (χ3v) is 6.32. The Hall–Kier alpha value is -1.07. The van der Waals surface area contributed by atoms with E-state index >= 15 is 0 Å². The number of methoxy groups -OCH3 is 1. The molecule has 2 rings (SSSR count). The summed E-state index contributed by atoms with van der Waals surface area (Å²) in [5.74, 6) is 0.561. The number of benzene rings is 1. The zero-order chi connectivity index (χ0) is 15.7. The molecule has 1 aliphatic rings. The standard InChI is InChI=1S/C16H24O4S/c1-16(17,14-9-4-5-10-15(14)20-2)12-7-6-8-13(11-12)21(3,18)19/h4-5,9-10,12-13,17H,6-8,11H2,1-3H3. The molecule has 118 valence electrons. The second-order valence-electron chi connectivity index (χ2n) is 6.16. The van der Waals surface area contributed by atoms with E-state index in [1.54, 1.807) is 14.0 Å². The van der Waals surface area contributed by atoms with Crippen molar-refractivity contribution in [1.82, 2.24) is 0 Å². The maximum atomic E-state index is 11.8. The molecule has 0 bridgehead atoms. The molecule has 5 heteroatoms. The van der Waals surface area contributed by atoms with Crippen molar-refractivity contribution in [3.8, 4) is 5.75 Å². The maximum Gasteiger partial charge on any atom is 0.150 e. The minimum atomic E-state index is -3.06. The second kappa shape index (κ2) is 5.97. The Kier molecular flexibility index (Phi) is 4.63. The van der Waals surface area contributed by atoms with Crippen LogP contribution in [0.5, 0.6) is 5.75 Å². The molecule has 1 saturated carbocycles. The quantitative estimate of drug-likeness (QED) is 0.928. The van der Waals surface area contributed by atoms with E-state index in [1.165, 1.54) is 6.26 Å². The number of ether oxygens (including phenoxy) is 1. The van der Waals surface area contributed by atoms with Crippen LogP contribution in [0.3, 0.4) is 0 Å². The van der Waals surface area contributed by atoms with Gasteiger partial charge in [0.25, 0.3) is 0 Å². The van der Waals surface area contributed by atoms with E-state index in [9.17, 15) is 13.5 Å². The van der Waals surface area contributed by atoms with Crippen LogP contribution in [0.4, 0.5) is 0 Å². The molecule has 21 heavy (non-hydrogen) atoms. The Morgan fingerprint density at radius 3 is 2.57 bits per heavy atom. The summed E-state index contributed by atoms with van der Waals surface area (Å²) in [5.41, 5.74) is -0.359. The normalized spacial score (nSPS) is 26.1. The van der Waals surface area contributed by atoms with Gasteiger partial charge in [0.2, 0.25) is 0 Å². The van der Waals surface area contributed by atoms with Gasteiger partial charge in [-0.2, -0.15) is 0 Å². The Balaban J connectivity index is 2.30. The molecule has 1 fully saturated rings. The van der Waals surface area contributed by atoms with Crippen LogP contribution in [0.1, 0.15) is 38.2 Å². The minimum absolute atomic E-state index is 0.0812. The number of para-hydroxylation sites is 1. The van der Waals surface area contributed by atoms with Gasteiger partial charge < -0.3 is 9.84 Å². The van der Waals surface area contributed by atoms with Crippen LogP contribution in [0.25, 0.3) is 0 Å². The van der Waals surface area contributed by atoms with Gasteiger partial charge in [0.05, 0.1) is 18.0 Å². The first-order valence-corrected chi connectivity index (χ1v) is 9.27. The zero-order valence-corrected chi connectivity index (χ0v) is 13.7. The Labute approximate surface area is 127 Å². The molecule has 0 heterocycles. The van der Waals surface area contributed by atoms with Crippen LogP contribution in [0, 0.1) is 5.92 Å². The van der Waals surface area contributed by atoms with E-state index < -0.39 is 15.4 Å². The van der Waals surface area contributed by atoms with Crippen molar-refractivity contribution in [3.05, 3.63) is 29.8 Å². The van der Waals surface area contributed by atoms with Gasteiger partial charge in [0.15, 0.2) is 0 Å². The predicted octanol–water partition coefficient (Wildman–Crippen LogP) is 2.51. The molecule has 0 amide bonds. The predicted molar refractivity (Wildman–Crippen MR) is 83.2 cm³/mol. The highest BCUT2D eigenvalue weighted by Crippen LogP contribution is 2.43. The van der Waals surface area contributed by atoms with E-state index in [1.807, 2.05) is 24.3 Å². The fraction of sp³-hybridized carbons (Fsp3) is 0.625. The molecule has 1 aliphatic carbocycles. The summed E-state index contributed by atoms with van der Waals surface area (Å²) >= 11 is 0. The van der Waals surface area contributed by atoms with Gasteiger partial charge >= 0.3 is 0 Å². The summed E-state index contributed by atoms with van der Waals surface area (Å²) in [5, 5.41) is 10.7. The molecule has 4 nitrogen and oxygen atoms in total. The first-order chi connectivity index (χ1) is 9.76. The van der Waals surface area contributed by atoms with E-state index in [0.29, 0.717) is 18.6 Å². The molecule has 1 aromatic carbocycles. The van der Waals surface area contributed by atoms with Crippen molar-refractivity contribution < 1.29 is 18.3 Å². The Morgan fingerprint density at radius 2 is 1.95 bits per heavy atom. The van der Waals surface area contributed by atoms with Crippen LogP contribution in [0.2, 0.25) is 0 Å². The van der Waals surface area contributed by atoms with Gasteiger partial charge in [-0.05, 0) is 38.2 Å². The van der Waals surface area contributed by atoms with Crippen LogP contribution >= 0.6 is 0 Å². The first-order valence-electron chi connectivity index (χ1n) is 7.31. The smallest absolute Gasteiger partial charge is 0.150 e. The van der Waals surface area contributed by atoms with Gasteiger partial charge in [-0.25, -0.2) is 8.42 Å². The molecule has 0 radical (unpaired) electrons. The van der Waals surface area contributed by atoms with Gasteiger partial charge in [0.1, 0.15) is 15.6 Å².